The van der Waals surface area contributed by atoms with Crippen LogP contribution in [0.1, 0.15) is 19.8 Å². The SMILES string of the molecule is CCCCNC(=O)Nc1ccc(OCCOC)cc1. The van der Waals surface area contributed by atoms with Crippen molar-refractivity contribution in [2.75, 3.05) is 32.2 Å². The van der Waals surface area contributed by atoms with E-state index in [4.69, 9.17) is 9.47 Å². The minimum atomic E-state index is -0.179. The van der Waals surface area contributed by atoms with Crippen LogP contribution < -0.4 is 15.4 Å². The second-order valence-corrected chi connectivity index (χ2v) is 4.10. The first kappa shape index (κ1) is 15.3. The number of anilines is 1. The number of rotatable bonds is 8. The Morgan fingerprint density at radius 3 is 2.58 bits per heavy atom. The molecule has 0 saturated carbocycles. The molecule has 2 N–H and O–H groups in total. The summed E-state index contributed by atoms with van der Waals surface area (Å²) in [6.45, 7) is 3.85. The fourth-order valence-electron chi connectivity index (χ4n) is 1.43. The molecule has 0 radical (unpaired) electrons. The lowest BCUT2D eigenvalue weighted by Crippen LogP contribution is -2.29. The topological polar surface area (TPSA) is 59.6 Å². The van der Waals surface area contributed by atoms with E-state index in [0.717, 1.165) is 24.3 Å². The molecule has 1 aromatic rings. The Morgan fingerprint density at radius 1 is 1.21 bits per heavy atom. The summed E-state index contributed by atoms with van der Waals surface area (Å²) in [6, 6.07) is 7.07. The first-order chi connectivity index (χ1) is 9.26. The van der Waals surface area contributed by atoms with Crippen LogP contribution in [0.25, 0.3) is 0 Å². The molecule has 0 spiro atoms. The summed E-state index contributed by atoms with van der Waals surface area (Å²) in [5, 5.41) is 5.56. The van der Waals surface area contributed by atoms with Crippen molar-refractivity contribution in [1.82, 2.24) is 5.32 Å². The number of carbonyl (C=O) groups excluding carboxylic acids is 1. The number of benzene rings is 1. The van der Waals surface area contributed by atoms with Gasteiger partial charge >= 0.3 is 6.03 Å². The predicted octanol–water partition coefficient (Wildman–Crippen LogP) is 2.63. The molecule has 0 aliphatic rings. The number of amides is 2. The van der Waals surface area contributed by atoms with E-state index in [0.29, 0.717) is 19.8 Å². The van der Waals surface area contributed by atoms with Crippen LogP contribution in [0.4, 0.5) is 10.5 Å². The van der Waals surface area contributed by atoms with Crippen molar-refractivity contribution >= 4 is 11.7 Å². The summed E-state index contributed by atoms with van der Waals surface area (Å²) < 4.78 is 10.3. The molecule has 5 nitrogen and oxygen atoms in total. The van der Waals surface area contributed by atoms with Gasteiger partial charge in [0.1, 0.15) is 12.4 Å². The van der Waals surface area contributed by atoms with Crippen LogP contribution in [0.5, 0.6) is 5.75 Å². The summed E-state index contributed by atoms with van der Waals surface area (Å²) in [7, 11) is 1.63. The van der Waals surface area contributed by atoms with E-state index >= 15 is 0 Å². The summed E-state index contributed by atoms with van der Waals surface area (Å²) in [4.78, 5) is 11.5. The van der Waals surface area contributed by atoms with E-state index in [1.807, 2.05) is 24.3 Å². The van der Waals surface area contributed by atoms with Crippen molar-refractivity contribution < 1.29 is 14.3 Å². The number of methoxy groups -OCH3 is 1. The molecule has 19 heavy (non-hydrogen) atoms. The maximum absolute atomic E-state index is 11.5. The van der Waals surface area contributed by atoms with Gasteiger partial charge in [0, 0.05) is 19.3 Å². The molecular weight excluding hydrogens is 244 g/mol. The van der Waals surface area contributed by atoms with Gasteiger partial charge < -0.3 is 20.1 Å². The predicted molar refractivity (Wildman–Crippen MR) is 75.7 cm³/mol. The smallest absolute Gasteiger partial charge is 0.319 e. The van der Waals surface area contributed by atoms with Crippen LogP contribution in [-0.2, 0) is 4.74 Å². The fourth-order valence-corrected chi connectivity index (χ4v) is 1.43. The average molecular weight is 266 g/mol. The van der Waals surface area contributed by atoms with Crippen molar-refractivity contribution in [2.24, 2.45) is 0 Å². The van der Waals surface area contributed by atoms with Gasteiger partial charge in [-0.25, -0.2) is 4.79 Å². The molecule has 0 atom stereocenters. The molecule has 1 aromatic carbocycles. The number of hydrogen-bond acceptors (Lipinski definition) is 3. The molecule has 0 bridgehead atoms. The zero-order valence-corrected chi connectivity index (χ0v) is 11.6. The second kappa shape index (κ2) is 9.22. The Labute approximate surface area is 114 Å². The lowest BCUT2D eigenvalue weighted by atomic mass is 10.3. The van der Waals surface area contributed by atoms with Gasteiger partial charge in [0.05, 0.1) is 6.61 Å². The summed E-state index contributed by atoms with van der Waals surface area (Å²) in [5.74, 6) is 0.758. The van der Waals surface area contributed by atoms with Gasteiger partial charge in [0.2, 0.25) is 0 Å². The van der Waals surface area contributed by atoms with Crippen molar-refractivity contribution in [3.8, 4) is 5.75 Å². The minimum Gasteiger partial charge on any atom is -0.491 e. The molecular formula is C14H22N2O3. The highest BCUT2D eigenvalue weighted by Crippen LogP contribution is 2.15. The Morgan fingerprint density at radius 2 is 1.95 bits per heavy atom. The van der Waals surface area contributed by atoms with Crippen molar-refractivity contribution in [3.05, 3.63) is 24.3 Å². The lowest BCUT2D eigenvalue weighted by molar-refractivity contribution is 0.146. The van der Waals surface area contributed by atoms with E-state index in [1.54, 1.807) is 7.11 Å². The molecule has 106 valence electrons. The van der Waals surface area contributed by atoms with Crippen LogP contribution >= 0.6 is 0 Å². The van der Waals surface area contributed by atoms with E-state index in [-0.39, 0.29) is 6.03 Å². The van der Waals surface area contributed by atoms with Crippen molar-refractivity contribution in [3.63, 3.8) is 0 Å². The minimum absolute atomic E-state index is 0.179. The van der Waals surface area contributed by atoms with E-state index in [1.165, 1.54) is 0 Å². The first-order valence-electron chi connectivity index (χ1n) is 6.53. The molecule has 0 heterocycles. The number of ether oxygens (including phenoxy) is 2. The summed E-state index contributed by atoms with van der Waals surface area (Å²) in [6.07, 6.45) is 2.05. The normalized spacial score (nSPS) is 10.0. The third-order valence-corrected chi connectivity index (χ3v) is 2.48. The first-order valence-corrected chi connectivity index (χ1v) is 6.53. The molecule has 0 aliphatic heterocycles. The van der Waals surface area contributed by atoms with Crippen molar-refractivity contribution in [2.45, 2.75) is 19.8 Å². The molecule has 1 rings (SSSR count). The largest absolute Gasteiger partial charge is 0.491 e. The van der Waals surface area contributed by atoms with E-state index < -0.39 is 0 Å². The van der Waals surface area contributed by atoms with Crippen LogP contribution in [0, 0.1) is 0 Å². The van der Waals surface area contributed by atoms with Gasteiger partial charge in [-0.1, -0.05) is 13.3 Å². The summed E-state index contributed by atoms with van der Waals surface area (Å²) in [5.41, 5.74) is 0.744. The second-order valence-electron chi connectivity index (χ2n) is 4.10. The zero-order valence-electron chi connectivity index (χ0n) is 11.6. The molecule has 0 fully saturated rings. The quantitative estimate of drug-likeness (QED) is 0.711. The number of unbranched alkanes of at least 4 members (excludes halogenated alkanes) is 1. The van der Waals surface area contributed by atoms with Gasteiger partial charge in [0.15, 0.2) is 0 Å². The van der Waals surface area contributed by atoms with Gasteiger partial charge in [-0.05, 0) is 30.7 Å². The Balaban J connectivity index is 2.32. The molecule has 0 aromatic heterocycles. The standard InChI is InChI=1S/C14H22N2O3/c1-3-4-9-15-14(17)16-12-5-7-13(8-6-12)19-11-10-18-2/h5-8H,3-4,9-11H2,1-2H3,(H2,15,16,17). The maximum atomic E-state index is 11.5. The Bertz CT molecular complexity index is 365. The monoisotopic (exact) mass is 266 g/mol. The van der Waals surface area contributed by atoms with E-state index in [9.17, 15) is 4.79 Å². The van der Waals surface area contributed by atoms with Gasteiger partial charge in [-0.15, -0.1) is 0 Å². The number of carbonyl (C=O) groups is 1. The van der Waals surface area contributed by atoms with Crippen LogP contribution in [0.3, 0.4) is 0 Å². The molecule has 0 unspecified atom stereocenters. The maximum Gasteiger partial charge on any atom is 0.319 e. The van der Waals surface area contributed by atoms with Crippen LogP contribution in [0.15, 0.2) is 24.3 Å². The van der Waals surface area contributed by atoms with Crippen LogP contribution in [0.2, 0.25) is 0 Å². The fraction of sp³-hybridized carbons (Fsp3) is 0.500. The zero-order chi connectivity index (χ0) is 13.9. The third-order valence-electron chi connectivity index (χ3n) is 2.48. The van der Waals surface area contributed by atoms with Crippen molar-refractivity contribution in [1.29, 1.82) is 0 Å². The van der Waals surface area contributed by atoms with Crippen LogP contribution in [-0.4, -0.2) is 32.9 Å². The number of nitrogens with one attached hydrogen (secondary N) is 2. The average Bonchev–Trinajstić information content (AvgIpc) is 2.41. The highest BCUT2D eigenvalue weighted by atomic mass is 16.5. The molecule has 0 saturated heterocycles. The number of urea groups is 1. The summed E-state index contributed by atoms with van der Waals surface area (Å²) >= 11 is 0. The molecule has 2 amide bonds. The van der Waals surface area contributed by atoms with Gasteiger partial charge in [0.25, 0.3) is 0 Å². The number of hydrogen-bond donors (Lipinski definition) is 2. The molecule has 5 heteroatoms. The highest BCUT2D eigenvalue weighted by Gasteiger charge is 2.01. The Hall–Kier alpha value is -1.75. The van der Waals surface area contributed by atoms with Gasteiger partial charge in [-0.2, -0.15) is 0 Å². The Kier molecular flexibility index (Phi) is 7.43. The lowest BCUT2D eigenvalue weighted by Gasteiger charge is -2.09. The highest BCUT2D eigenvalue weighted by molar-refractivity contribution is 5.89. The molecule has 0 aliphatic carbocycles. The van der Waals surface area contributed by atoms with E-state index in [2.05, 4.69) is 17.6 Å². The van der Waals surface area contributed by atoms with Gasteiger partial charge in [-0.3, -0.25) is 0 Å². The third kappa shape index (κ3) is 6.67.